The molecule has 17 heavy (non-hydrogen) atoms. The molecule has 3 nitrogen and oxygen atoms in total. The van der Waals surface area contributed by atoms with Crippen LogP contribution in [0.1, 0.15) is 18.2 Å². The van der Waals surface area contributed by atoms with Crippen molar-refractivity contribution in [2.45, 2.75) is 20.4 Å². The fraction of sp³-hybridized carbons (Fsp3) is 0.286. The number of nitrogens with one attached hydrogen (secondary N) is 1. The molecule has 0 atom stereocenters. The van der Waals surface area contributed by atoms with Crippen molar-refractivity contribution in [3.8, 4) is 11.1 Å². The Kier molecular flexibility index (Phi) is 3.83. The van der Waals surface area contributed by atoms with Gasteiger partial charge in [0.05, 0.1) is 0 Å². The van der Waals surface area contributed by atoms with Crippen LogP contribution in [0.15, 0.2) is 36.8 Å². The van der Waals surface area contributed by atoms with Crippen LogP contribution in [0.4, 0.5) is 0 Å². The Hall–Kier alpha value is -1.74. The van der Waals surface area contributed by atoms with Crippen LogP contribution < -0.4 is 5.32 Å². The maximum Gasteiger partial charge on any atom is 0.0373 e. The summed E-state index contributed by atoms with van der Waals surface area (Å²) >= 11 is 0. The highest BCUT2D eigenvalue weighted by atomic mass is 14.8. The van der Waals surface area contributed by atoms with Crippen LogP contribution in [0.2, 0.25) is 0 Å². The number of aryl methyl sites for hydroxylation is 1. The van der Waals surface area contributed by atoms with Gasteiger partial charge in [0.25, 0.3) is 0 Å². The summed E-state index contributed by atoms with van der Waals surface area (Å²) in [5.41, 5.74) is 4.46. The average Bonchev–Trinajstić information content (AvgIpc) is 2.37. The third-order valence-electron chi connectivity index (χ3n) is 2.62. The predicted molar refractivity (Wildman–Crippen MR) is 69.6 cm³/mol. The summed E-state index contributed by atoms with van der Waals surface area (Å²) in [6.07, 6.45) is 5.67. The predicted octanol–water partition coefficient (Wildman–Crippen LogP) is 2.56. The van der Waals surface area contributed by atoms with Crippen LogP contribution in [-0.4, -0.2) is 16.5 Å². The normalized spacial score (nSPS) is 10.5. The van der Waals surface area contributed by atoms with E-state index in [0.717, 1.165) is 29.9 Å². The highest BCUT2D eigenvalue weighted by Gasteiger charge is 2.00. The summed E-state index contributed by atoms with van der Waals surface area (Å²) in [7, 11) is 0. The van der Waals surface area contributed by atoms with Gasteiger partial charge < -0.3 is 5.32 Å². The van der Waals surface area contributed by atoms with E-state index in [1.54, 1.807) is 0 Å². The average molecular weight is 227 g/mol. The molecule has 0 saturated carbocycles. The molecule has 2 heterocycles. The maximum absolute atomic E-state index is 4.30. The second-order valence-corrected chi connectivity index (χ2v) is 4.05. The lowest BCUT2D eigenvalue weighted by molar-refractivity contribution is 0.724. The van der Waals surface area contributed by atoms with Crippen molar-refractivity contribution >= 4 is 0 Å². The molecule has 2 rings (SSSR count). The zero-order valence-corrected chi connectivity index (χ0v) is 10.3. The van der Waals surface area contributed by atoms with Crippen LogP contribution in [0.5, 0.6) is 0 Å². The summed E-state index contributed by atoms with van der Waals surface area (Å²) in [5, 5.41) is 3.30. The number of hydrogen-bond acceptors (Lipinski definition) is 3. The fourth-order valence-corrected chi connectivity index (χ4v) is 1.65. The topological polar surface area (TPSA) is 37.8 Å². The zero-order valence-electron chi connectivity index (χ0n) is 10.3. The Bertz CT molecular complexity index is 477. The monoisotopic (exact) mass is 227 g/mol. The molecule has 0 saturated heterocycles. The molecule has 0 aliphatic carbocycles. The lowest BCUT2D eigenvalue weighted by Crippen LogP contribution is -2.11. The molecule has 88 valence electrons. The van der Waals surface area contributed by atoms with Crippen LogP contribution in [0.25, 0.3) is 11.1 Å². The first-order valence-electron chi connectivity index (χ1n) is 5.87. The summed E-state index contributed by atoms with van der Waals surface area (Å²) in [6, 6.07) is 6.25. The van der Waals surface area contributed by atoms with Crippen LogP contribution >= 0.6 is 0 Å². The highest BCUT2D eigenvalue weighted by Crippen LogP contribution is 2.18. The van der Waals surface area contributed by atoms with E-state index >= 15 is 0 Å². The molecule has 0 spiro atoms. The minimum absolute atomic E-state index is 0.858. The van der Waals surface area contributed by atoms with Crippen molar-refractivity contribution in [2.24, 2.45) is 0 Å². The third kappa shape index (κ3) is 3.11. The molecule has 0 radical (unpaired) electrons. The van der Waals surface area contributed by atoms with Crippen molar-refractivity contribution in [1.82, 2.24) is 15.3 Å². The lowest BCUT2D eigenvalue weighted by atomic mass is 10.1. The molecule has 0 unspecified atom stereocenters. The molecule has 0 aromatic carbocycles. The van der Waals surface area contributed by atoms with Gasteiger partial charge in [-0.25, -0.2) is 0 Å². The van der Waals surface area contributed by atoms with Crippen molar-refractivity contribution < 1.29 is 0 Å². The Morgan fingerprint density at radius 1 is 1.12 bits per heavy atom. The molecule has 2 aromatic rings. The Balaban J connectivity index is 2.23. The molecule has 0 aliphatic rings. The van der Waals surface area contributed by atoms with Crippen molar-refractivity contribution in [2.75, 3.05) is 6.54 Å². The van der Waals surface area contributed by atoms with Gasteiger partial charge in [-0.15, -0.1) is 0 Å². The van der Waals surface area contributed by atoms with Crippen molar-refractivity contribution in [1.29, 1.82) is 0 Å². The van der Waals surface area contributed by atoms with Gasteiger partial charge in [0.2, 0.25) is 0 Å². The Morgan fingerprint density at radius 2 is 2.00 bits per heavy atom. The first-order chi connectivity index (χ1) is 8.29. The van der Waals surface area contributed by atoms with E-state index in [1.807, 2.05) is 31.6 Å². The summed E-state index contributed by atoms with van der Waals surface area (Å²) in [4.78, 5) is 8.57. The van der Waals surface area contributed by atoms with Gasteiger partial charge in [0.1, 0.15) is 0 Å². The second kappa shape index (κ2) is 5.55. The number of hydrogen-bond donors (Lipinski definition) is 1. The van der Waals surface area contributed by atoms with Gasteiger partial charge in [-0.2, -0.15) is 0 Å². The Morgan fingerprint density at radius 3 is 2.71 bits per heavy atom. The summed E-state index contributed by atoms with van der Waals surface area (Å²) < 4.78 is 0. The summed E-state index contributed by atoms with van der Waals surface area (Å²) in [6.45, 7) is 5.91. The van der Waals surface area contributed by atoms with E-state index in [0.29, 0.717) is 0 Å². The van der Waals surface area contributed by atoms with Crippen LogP contribution in [0, 0.1) is 6.92 Å². The Labute approximate surface area is 102 Å². The first-order valence-corrected chi connectivity index (χ1v) is 5.87. The molecule has 2 aromatic heterocycles. The SMILES string of the molecule is CCNCc1cncc(-c2ccc(C)nc2)c1. The van der Waals surface area contributed by atoms with Gasteiger partial charge >= 0.3 is 0 Å². The van der Waals surface area contributed by atoms with E-state index < -0.39 is 0 Å². The van der Waals surface area contributed by atoms with E-state index in [9.17, 15) is 0 Å². The maximum atomic E-state index is 4.30. The first kappa shape index (κ1) is 11.7. The zero-order chi connectivity index (χ0) is 12.1. The van der Waals surface area contributed by atoms with Gasteiger partial charge in [0.15, 0.2) is 0 Å². The van der Waals surface area contributed by atoms with Gasteiger partial charge in [-0.05, 0) is 31.2 Å². The highest BCUT2D eigenvalue weighted by molar-refractivity contribution is 5.61. The minimum atomic E-state index is 0.858. The smallest absolute Gasteiger partial charge is 0.0373 e. The third-order valence-corrected chi connectivity index (χ3v) is 2.62. The number of pyridine rings is 2. The minimum Gasteiger partial charge on any atom is -0.313 e. The van der Waals surface area contributed by atoms with Gasteiger partial charge in [-0.1, -0.05) is 13.0 Å². The van der Waals surface area contributed by atoms with Crippen LogP contribution in [0.3, 0.4) is 0 Å². The molecule has 1 N–H and O–H groups in total. The molecule has 3 heteroatoms. The quantitative estimate of drug-likeness (QED) is 0.872. The second-order valence-electron chi connectivity index (χ2n) is 4.05. The molecular formula is C14H17N3. The van der Waals surface area contributed by atoms with Crippen LogP contribution in [-0.2, 0) is 6.54 Å². The van der Waals surface area contributed by atoms with E-state index in [2.05, 4.69) is 34.3 Å². The molecule has 0 aliphatic heterocycles. The van der Waals surface area contributed by atoms with E-state index in [1.165, 1.54) is 5.56 Å². The fourth-order valence-electron chi connectivity index (χ4n) is 1.65. The standard InChI is InChI=1S/C14H17N3/c1-3-15-7-12-6-14(9-16-8-12)13-5-4-11(2)17-10-13/h4-6,8-10,15H,3,7H2,1-2H3. The largest absolute Gasteiger partial charge is 0.313 e. The van der Waals surface area contributed by atoms with E-state index in [-0.39, 0.29) is 0 Å². The molecule has 0 amide bonds. The van der Waals surface area contributed by atoms with Gasteiger partial charge in [-0.3, -0.25) is 9.97 Å². The van der Waals surface area contributed by atoms with E-state index in [4.69, 9.17) is 0 Å². The van der Waals surface area contributed by atoms with Crippen molar-refractivity contribution in [3.63, 3.8) is 0 Å². The number of nitrogens with zero attached hydrogens (tertiary/aromatic N) is 2. The number of aromatic nitrogens is 2. The number of rotatable bonds is 4. The summed E-state index contributed by atoms with van der Waals surface area (Å²) in [5.74, 6) is 0. The molecule has 0 fully saturated rings. The van der Waals surface area contributed by atoms with Gasteiger partial charge in [0, 0.05) is 42.0 Å². The van der Waals surface area contributed by atoms with Crippen molar-refractivity contribution in [3.05, 3.63) is 48.0 Å². The lowest BCUT2D eigenvalue weighted by Gasteiger charge is -2.05. The molecule has 0 bridgehead atoms. The molecular weight excluding hydrogens is 210 g/mol.